The van der Waals surface area contributed by atoms with E-state index in [9.17, 15) is 35.8 Å². The van der Waals surface area contributed by atoms with Crippen LogP contribution in [0, 0.1) is 40.7 Å². The molecule has 0 amide bonds. The molecule has 0 radical (unpaired) electrons. The molecule has 0 aliphatic heterocycles. The maximum absolute atomic E-state index is 14.0. The van der Waals surface area contributed by atoms with Crippen molar-refractivity contribution in [3.8, 4) is 5.75 Å². The van der Waals surface area contributed by atoms with Crippen LogP contribution < -0.4 is 10.1 Å². The summed E-state index contributed by atoms with van der Waals surface area (Å²) in [5.41, 5.74) is -0.385. The Morgan fingerprint density at radius 1 is 0.692 bits per heavy atom. The molecule has 0 unspecified atom stereocenters. The summed E-state index contributed by atoms with van der Waals surface area (Å²) in [6.07, 6.45) is 0. The average Bonchev–Trinajstić information content (AvgIpc) is 2.61. The lowest BCUT2D eigenvalue weighted by Crippen LogP contribution is -2.37. The highest BCUT2D eigenvalue weighted by molar-refractivity contribution is 6.60. The van der Waals surface area contributed by atoms with Crippen molar-refractivity contribution in [1.29, 1.82) is 0 Å². The molecule has 0 fully saturated rings. The fourth-order valence-corrected chi connectivity index (χ4v) is 2.34. The zero-order chi connectivity index (χ0) is 19.2. The van der Waals surface area contributed by atoms with Crippen molar-refractivity contribution < 1.29 is 40.4 Å². The molecule has 3 rings (SSSR count). The van der Waals surface area contributed by atoms with Gasteiger partial charge in [-0.15, -0.1) is 0 Å². The summed E-state index contributed by atoms with van der Waals surface area (Å²) in [5, 5.41) is 7.96. The second-order valence-electron chi connectivity index (χ2n) is 5.20. The zero-order valence-electron chi connectivity index (χ0n) is 12.5. The molecule has 134 valence electrons. The first-order chi connectivity index (χ1) is 12.2. The van der Waals surface area contributed by atoms with Gasteiger partial charge in [0.25, 0.3) is 0 Å². The van der Waals surface area contributed by atoms with E-state index >= 15 is 0 Å². The molecule has 0 bridgehead atoms. The molecule has 1 N–H and O–H groups in total. The van der Waals surface area contributed by atoms with E-state index in [2.05, 4.69) is 0 Å². The van der Waals surface area contributed by atoms with E-state index < -0.39 is 64.4 Å². The van der Waals surface area contributed by atoms with Crippen LogP contribution in [-0.2, 0) is 0 Å². The van der Waals surface area contributed by atoms with E-state index in [4.69, 9.17) is 4.65 Å². The Balaban J connectivity index is 2.15. The summed E-state index contributed by atoms with van der Waals surface area (Å²) >= 11 is 0. The van der Waals surface area contributed by atoms with E-state index in [0.29, 0.717) is 24.3 Å². The Labute approximate surface area is 141 Å². The maximum Gasteiger partial charge on any atom is 0.560 e. The predicted octanol–water partition coefficient (Wildman–Crippen LogP) is 3.58. The number of fused-ring (bicyclic) bond motifs is 1. The van der Waals surface area contributed by atoms with Crippen molar-refractivity contribution in [2.45, 2.75) is 0 Å². The van der Waals surface area contributed by atoms with Crippen LogP contribution in [0.15, 0.2) is 30.3 Å². The molecular weight excluding hydrogens is 368 g/mol. The Kier molecular flexibility index (Phi) is 4.53. The van der Waals surface area contributed by atoms with Gasteiger partial charge < -0.3 is 9.68 Å². The molecule has 0 saturated heterocycles. The molecule has 3 aromatic rings. The van der Waals surface area contributed by atoms with Gasteiger partial charge in [0.1, 0.15) is 5.75 Å². The third kappa shape index (κ3) is 2.86. The third-order valence-electron chi connectivity index (χ3n) is 3.60. The lowest BCUT2D eigenvalue weighted by atomic mass is 9.79. The molecule has 0 aromatic heterocycles. The highest BCUT2D eigenvalue weighted by Crippen LogP contribution is 2.36. The second kappa shape index (κ2) is 6.52. The first kappa shape index (κ1) is 18.1. The lowest BCUT2D eigenvalue weighted by molar-refractivity contribution is 0.390. The van der Waals surface area contributed by atoms with Crippen LogP contribution in [0.5, 0.6) is 5.75 Å². The molecule has 0 spiro atoms. The van der Waals surface area contributed by atoms with Gasteiger partial charge in [-0.2, -0.15) is 4.39 Å². The predicted molar refractivity (Wildman–Crippen MR) is 78.3 cm³/mol. The van der Waals surface area contributed by atoms with Crippen LogP contribution in [0.1, 0.15) is 0 Å². The second-order valence-corrected chi connectivity index (χ2v) is 5.20. The molecule has 26 heavy (non-hydrogen) atoms. The number of halogens is 7. The van der Waals surface area contributed by atoms with Crippen molar-refractivity contribution in [1.82, 2.24) is 0 Å². The van der Waals surface area contributed by atoms with Crippen molar-refractivity contribution >= 4 is 23.4 Å². The Bertz CT molecular complexity index is 1030. The number of hydrogen-bond acceptors (Lipinski definition) is 2. The number of benzene rings is 3. The van der Waals surface area contributed by atoms with Gasteiger partial charge in [-0.1, -0.05) is 6.07 Å². The van der Waals surface area contributed by atoms with Gasteiger partial charge in [0, 0.05) is 5.39 Å². The molecule has 0 saturated carbocycles. The minimum Gasteiger partial charge on any atom is -0.530 e. The molecule has 0 atom stereocenters. The van der Waals surface area contributed by atoms with Crippen LogP contribution >= 0.6 is 0 Å². The van der Waals surface area contributed by atoms with Crippen molar-refractivity contribution in [3.05, 3.63) is 71.1 Å². The monoisotopic (exact) mass is 374 g/mol. The summed E-state index contributed by atoms with van der Waals surface area (Å²) < 4.78 is 99.5. The molecule has 3 aromatic carbocycles. The van der Waals surface area contributed by atoms with E-state index in [1.807, 2.05) is 0 Å². The summed E-state index contributed by atoms with van der Waals surface area (Å²) in [7, 11) is -2.14. The zero-order valence-corrected chi connectivity index (χ0v) is 12.5. The number of hydrogen-bond donors (Lipinski definition) is 1. The fourth-order valence-electron chi connectivity index (χ4n) is 2.34. The molecule has 10 heteroatoms. The Morgan fingerprint density at radius 2 is 1.35 bits per heavy atom. The summed E-state index contributed by atoms with van der Waals surface area (Å²) in [5.74, 6) is -13.1. The van der Waals surface area contributed by atoms with Crippen molar-refractivity contribution in [3.63, 3.8) is 0 Å². The van der Waals surface area contributed by atoms with E-state index in [-0.39, 0.29) is 5.46 Å². The van der Waals surface area contributed by atoms with Crippen LogP contribution in [0.4, 0.5) is 30.7 Å². The van der Waals surface area contributed by atoms with Gasteiger partial charge in [-0.05, 0) is 29.7 Å². The van der Waals surface area contributed by atoms with E-state index in [0.717, 1.165) is 6.07 Å². The Hall–Kier alpha value is -2.75. The summed E-state index contributed by atoms with van der Waals surface area (Å²) in [6.45, 7) is 0. The fraction of sp³-hybridized carbons (Fsp3) is 0. The van der Waals surface area contributed by atoms with Crippen molar-refractivity contribution in [2.24, 2.45) is 0 Å². The number of rotatable bonds is 3. The quantitative estimate of drug-likeness (QED) is 0.432. The van der Waals surface area contributed by atoms with Gasteiger partial charge in [0.05, 0.1) is 5.39 Å². The van der Waals surface area contributed by atoms with E-state index in [1.165, 1.54) is 0 Å². The normalized spacial score (nSPS) is 11.1. The van der Waals surface area contributed by atoms with Crippen molar-refractivity contribution in [2.75, 3.05) is 0 Å². The SMILES string of the molecule is OB(Oc1c(F)c(F)c(F)c2c(F)c(F)ccc12)c1ccc(F)c(F)c1. The smallest absolute Gasteiger partial charge is 0.530 e. The average molecular weight is 374 g/mol. The topological polar surface area (TPSA) is 29.5 Å². The Morgan fingerprint density at radius 3 is 2.00 bits per heavy atom. The highest BCUT2D eigenvalue weighted by atomic mass is 19.2. The third-order valence-corrected chi connectivity index (χ3v) is 3.60. The van der Waals surface area contributed by atoms with Gasteiger partial charge in [-0.25, -0.2) is 26.3 Å². The molecular formula is C16H6BF7O2. The maximum atomic E-state index is 14.0. The molecule has 0 heterocycles. The van der Waals surface area contributed by atoms with Gasteiger partial charge in [0.2, 0.25) is 5.82 Å². The first-order valence-corrected chi connectivity index (χ1v) is 6.96. The van der Waals surface area contributed by atoms with Crippen LogP contribution in [0.2, 0.25) is 0 Å². The van der Waals surface area contributed by atoms with Gasteiger partial charge in [0.15, 0.2) is 34.9 Å². The summed E-state index contributed by atoms with van der Waals surface area (Å²) in [6, 6.07) is 3.30. The molecule has 0 aliphatic rings. The van der Waals surface area contributed by atoms with Gasteiger partial charge in [-0.3, -0.25) is 0 Å². The first-order valence-electron chi connectivity index (χ1n) is 6.96. The minimum atomic E-state index is -2.16. The van der Waals surface area contributed by atoms with Crippen LogP contribution in [-0.4, -0.2) is 12.1 Å². The van der Waals surface area contributed by atoms with E-state index in [1.54, 1.807) is 0 Å². The highest BCUT2D eigenvalue weighted by Gasteiger charge is 2.29. The molecule has 2 nitrogen and oxygen atoms in total. The lowest BCUT2D eigenvalue weighted by Gasteiger charge is -2.15. The minimum absolute atomic E-state index is 0.385. The van der Waals surface area contributed by atoms with Crippen LogP contribution in [0.25, 0.3) is 10.8 Å². The van der Waals surface area contributed by atoms with Gasteiger partial charge >= 0.3 is 7.12 Å². The summed E-state index contributed by atoms with van der Waals surface area (Å²) in [4.78, 5) is 0. The standard InChI is InChI=1S/C16H6BF7O2/c18-8-3-1-6(5-10(8)20)17(25)26-16-7-2-4-9(19)12(21)11(7)13(22)14(23)15(16)24/h1-5,25H. The van der Waals surface area contributed by atoms with Crippen LogP contribution in [0.3, 0.4) is 0 Å². The molecule has 0 aliphatic carbocycles. The largest absolute Gasteiger partial charge is 0.560 e.